The standard InChI is InChI=1S/C20H18F2N4O2/c21-20(22)12-25(11-17(27)15-4-2-1-3-5-15)19-24-16(10-18(28)26(19)13-20)14-6-8-23-9-7-14/h1-10,17,27H,11-13H2. The average Bonchev–Trinajstić information content (AvgIpc) is 2.69. The van der Waals surface area contributed by atoms with Crippen LogP contribution in [-0.4, -0.2) is 38.7 Å². The fourth-order valence-electron chi connectivity index (χ4n) is 3.32. The number of aliphatic hydroxyl groups excluding tert-OH is 1. The van der Waals surface area contributed by atoms with E-state index in [4.69, 9.17) is 0 Å². The van der Waals surface area contributed by atoms with E-state index in [1.165, 1.54) is 11.0 Å². The van der Waals surface area contributed by atoms with E-state index < -0.39 is 30.7 Å². The molecular weight excluding hydrogens is 366 g/mol. The van der Waals surface area contributed by atoms with Crippen LogP contribution in [0.4, 0.5) is 14.7 Å². The molecule has 2 aromatic heterocycles. The third-order valence-corrected chi connectivity index (χ3v) is 4.64. The molecule has 1 aliphatic heterocycles. The van der Waals surface area contributed by atoms with Gasteiger partial charge in [-0.1, -0.05) is 30.3 Å². The molecule has 0 spiro atoms. The van der Waals surface area contributed by atoms with Crippen LogP contribution < -0.4 is 10.5 Å². The van der Waals surface area contributed by atoms with Crippen LogP contribution in [0.3, 0.4) is 0 Å². The van der Waals surface area contributed by atoms with Gasteiger partial charge in [0.2, 0.25) is 5.95 Å². The Morgan fingerprint density at radius 3 is 2.54 bits per heavy atom. The van der Waals surface area contributed by atoms with Crippen molar-refractivity contribution in [2.75, 3.05) is 18.0 Å². The molecule has 3 heterocycles. The van der Waals surface area contributed by atoms with Crippen molar-refractivity contribution >= 4 is 5.95 Å². The van der Waals surface area contributed by atoms with Gasteiger partial charge in [0.25, 0.3) is 11.5 Å². The summed E-state index contributed by atoms with van der Waals surface area (Å²) in [5, 5.41) is 10.5. The number of fused-ring (bicyclic) bond motifs is 1. The van der Waals surface area contributed by atoms with Gasteiger partial charge in [0.15, 0.2) is 0 Å². The molecule has 1 unspecified atom stereocenters. The lowest BCUT2D eigenvalue weighted by atomic mass is 10.1. The van der Waals surface area contributed by atoms with Gasteiger partial charge in [-0.05, 0) is 17.7 Å². The number of hydrogen-bond acceptors (Lipinski definition) is 5. The van der Waals surface area contributed by atoms with E-state index in [0.29, 0.717) is 16.8 Å². The van der Waals surface area contributed by atoms with Crippen LogP contribution >= 0.6 is 0 Å². The summed E-state index contributed by atoms with van der Waals surface area (Å²) in [4.78, 5) is 22.2. The molecule has 0 radical (unpaired) electrons. The zero-order chi connectivity index (χ0) is 19.7. The van der Waals surface area contributed by atoms with E-state index in [9.17, 15) is 18.7 Å². The highest BCUT2D eigenvalue weighted by Crippen LogP contribution is 2.30. The summed E-state index contributed by atoms with van der Waals surface area (Å²) < 4.78 is 29.5. The van der Waals surface area contributed by atoms with E-state index >= 15 is 0 Å². The number of benzene rings is 1. The molecule has 28 heavy (non-hydrogen) atoms. The third-order valence-electron chi connectivity index (χ3n) is 4.64. The molecule has 0 fully saturated rings. The van der Waals surface area contributed by atoms with Crippen molar-refractivity contribution in [1.29, 1.82) is 0 Å². The Bertz CT molecular complexity index is 1030. The number of nitrogens with zero attached hydrogens (tertiary/aromatic N) is 4. The topological polar surface area (TPSA) is 71.2 Å². The highest BCUT2D eigenvalue weighted by Gasteiger charge is 2.40. The SMILES string of the molecule is O=c1cc(-c2ccncc2)nc2n1CC(F)(F)CN2CC(O)c1ccccc1. The zero-order valence-corrected chi connectivity index (χ0v) is 14.9. The largest absolute Gasteiger partial charge is 0.387 e. The second-order valence-corrected chi connectivity index (χ2v) is 6.76. The van der Waals surface area contributed by atoms with Gasteiger partial charge in [-0.2, -0.15) is 0 Å². The fourth-order valence-corrected chi connectivity index (χ4v) is 3.32. The van der Waals surface area contributed by atoms with E-state index in [0.717, 1.165) is 4.57 Å². The number of hydrogen-bond donors (Lipinski definition) is 1. The van der Waals surface area contributed by atoms with Gasteiger partial charge in [0, 0.05) is 24.0 Å². The molecule has 1 aromatic carbocycles. The maximum atomic E-state index is 14.3. The average molecular weight is 384 g/mol. The van der Waals surface area contributed by atoms with Gasteiger partial charge in [-0.25, -0.2) is 13.8 Å². The summed E-state index contributed by atoms with van der Waals surface area (Å²) in [6, 6.07) is 13.4. The lowest BCUT2D eigenvalue weighted by molar-refractivity contribution is -0.0194. The van der Waals surface area contributed by atoms with Gasteiger partial charge in [-0.15, -0.1) is 0 Å². The van der Waals surface area contributed by atoms with Crippen LogP contribution in [0, 0.1) is 0 Å². The molecule has 8 heteroatoms. The van der Waals surface area contributed by atoms with E-state index in [-0.39, 0.29) is 12.5 Å². The minimum atomic E-state index is -3.10. The second kappa shape index (κ2) is 7.12. The molecule has 3 aromatic rings. The smallest absolute Gasteiger partial charge is 0.283 e. The number of anilines is 1. The summed E-state index contributed by atoms with van der Waals surface area (Å²) in [7, 11) is 0. The Labute approximate surface area is 159 Å². The normalized spacial score (nSPS) is 16.5. The van der Waals surface area contributed by atoms with Crippen LogP contribution in [-0.2, 0) is 6.54 Å². The van der Waals surface area contributed by atoms with Crippen LogP contribution in [0.25, 0.3) is 11.3 Å². The number of halogens is 2. The molecule has 0 amide bonds. The number of rotatable bonds is 4. The lowest BCUT2D eigenvalue weighted by Crippen LogP contribution is -2.50. The molecule has 1 N–H and O–H groups in total. The first-order valence-corrected chi connectivity index (χ1v) is 8.81. The van der Waals surface area contributed by atoms with Gasteiger partial charge in [0.1, 0.15) is 0 Å². The van der Waals surface area contributed by atoms with Crippen LogP contribution in [0.1, 0.15) is 11.7 Å². The maximum absolute atomic E-state index is 14.3. The second-order valence-electron chi connectivity index (χ2n) is 6.76. The minimum absolute atomic E-state index is 0.105. The van der Waals surface area contributed by atoms with Crippen LogP contribution in [0.2, 0.25) is 0 Å². The molecule has 144 valence electrons. The van der Waals surface area contributed by atoms with E-state index in [1.54, 1.807) is 48.8 Å². The van der Waals surface area contributed by atoms with Crippen molar-refractivity contribution in [3.63, 3.8) is 0 Å². The van der Waals surface area contributed by atoms with Gasteiger partial charge in [0.05, 0.1) is 31.4 Å². The Balaban J connectivity index is 1.74. The van der Waals surface area contributed by atoms with Crippen molar-refractivity contribution in [2.45, 2.75) is 18.6 Å². The van der Waals surface area contributed by atoms with Crippen molar-refractivity contribution in [2.24, 2.45) is 0 Å². The predicted molar refractivity (Wildman–Crippen MR) is 100 cm³/mol. The number of alkyl halides is 2. The Hall–Kier alpha value is -3.13. The number of aromatic nitrogens is 3. The highest BCUT2D eigenvalue weighted by molar-refractivity contribution is 5.59. The summed E-state index contributed by atoms with van der Waals surface area (Å²) in [6.45, 7) is -1.46. The Morgan fingerprint density at radius 1 is 1.11 bits per heavy atom. The molecule has 6 nitrogen and oxygen atoms in total. The minimum Gasteiger partial charge on any atom is -0.387 e. The third kappa shape index (κ3) is 3.63. The molecule has 0 aliphatic carbocycles. The first kappa shape index (κ1) is 18.2. The number of pyridine rings is 1. The monoisotopic (exact) mass is 384 g/mol. The van der Waals surface area contributed by atoms with E-state index in [2.05, 4.69) is 9.97 Å². The molecule has 4 rings (SSSR count). The van der Waals surface area contributed by atoms with Crippen molar-refractivity contribution in [3.05, 3.63) is 76.8 Å². The first-order valence-electron chi connectivity index (χ1n) is 8.81. The predicted octanol–water partition coefficient (Wildman–Crippen LogP) is 2.49. The molecule has 0 bridgehead atoms. The summed E-state index contributed by atoms with van der Waals surface area (Å²) in [6.07, 6.45) is 2.14. The van der Waals surface area contributed by atoms with Crippen molar-refractivity contribution in [3.8, 4) is 11.3 Å². The summed E-state index contributed by atoms with van der Waals surface area (Å²) >= 11 is 0. The van der Waals surface area contributed by atoms with E-state index in [1.807, 2.05) is 6.07 Å². The summed E-state index contributed by atoms with van der Waals surface area (Å²) in [5.74, 6) is -2.98. The highest BCUT2D eigenvalue weighted by atomic mass is 19.3. The number of aliphatic hydroxyl groups is 1. The molecule has 0 saturated heterocycles. The maximum Gasteiger partial charge on any atom is 0.283 e. The van der Waals surface area contributed by atoms with Gasteiger partial charge < -0.3 is 10.0 Å². The van der Waals surface area contributed by atoms with Crippen LogP contribution in [0.15, 0.2) is 65.7 Å². The lowest BCUT2D eigenvalue weighted by Gasteiger charge is -2.36. The molecule has 0 saturated carbocycles. The molecule has 1 aliphatic rings. The van der Waals surface area contributed by atoms with Crippen molar-refractivity contribution in [1.82, 2.24) is 14.5 Å². The first-order chi connectivity index (χ1) is 13.4. The van der Waals surface area contributed by atoms with Gasteiger partial charge in [-0.3, -0.25) is 14.3 Å². The van der Waals surface area contributed by atoms with Crippen molar-refractivity contribution < 1.29 is 13.9 Å². The fraction of sp³-hybridized carbons (Fsp3) is 0.250. The quantitative estimate of drug-likeness (QED) is 0.748. The number of β-amino-alcohol motifs (C(OH)–C–C–N with tert-alkyl or cyclic N) is 1. The molecule has 1 atom stereocenters. The zero-order valence-electron chi connectivity index (χ0n) is 14.9. The Kier molecular flexibility index (Phi) is 4.64. The molecular formula is C20H18F2N4O2. The summed E-state index contributed by atoms with van der Waals surface area (Å²) in [5.41, 5.74) is 1.09. The van der Waals surface area contributed by atoms with Crippen LogP contribution in [0.5, 0.6) is 0 Å². The Morgan fingerprint density at radius 2 is 1.82 bits per heavy atom. The van der Waals surface area contributed by atoms with Gasteiger partial charge >= 0.3 is 0 Å².